The van der Waals surface area contributed by atoms with E-state index in [2.05, 4.69) is 4.98 Å². The van der Waals surface area contributed by atoms with E-state index in [1.165, 1.54) is 0 Å². The second-order valence-corrected chi connectivity index (χ2v) is 6.05. The maximum atomic E-state index is 9.48. The second kappa shape index (κ2) is 7.14. The van der Waals surface area contributed by atoms with Crippen molar-refractivity contribution in [3.63, 3.8) is 0 Å². The Kier molecular flexibility index (Phi) is 4.97. The zero-order valence-electron chi connectivity index (χ0n) is 12.3. The van der Waals surface area contributed by atoms with Gasteiger partial charge in [-0.1, -0.05) is 47.5 Å². The molecule has 0 fully saturated rings. The molecular weight excluding hydrogens is 329 g/mol. The summed E-state index contributed by atoms with van der Waals surface area (Å²) >= 11 is 11.9. The summed E-state index contributed by atoms with van der Waals surface area (Å²) in [6.45, 7) is 0.0624. The molecule has 0 aliphatic carbocycles. The minimum Gasteiger partial charge on any atom is -0.396 e. The number of benzene rings is 2. The molecule has 0 atom stereocenters. The standard InChI is InChI=1S/C19H15Cl2NO/c20-15-5-1-13(2-6-15)17-9-11-22-19(18(17)10-12-23)14-3-7-16(21)8-4-14/h1-9,11,23H,10,12H2. The van der Waals surface area contributed by atoms with E-state index >= 15 is 0 Å². The number of hydrogen-bond acceptors (Lipinski definition) is 2. The predicted octanol–water partition coefficient (Wildman–Crippen LogP) is 5.26. The van der Waals surface area contributed by atoms with Crippen LogP contribution in [0.2, 0.25) is 10.0 Å². The molecule has 1 aromatic heterocycles. The van der Waals surface area contributed by atoms with Crippen LogP contribution in [0, 0.1) is 0 Å². The fourth-order valence-electron chi connectivity index (χ4n) is 2.61. The number of aromatic nitrogens is 1. The van der Waals surface area contributed by atoms with Crippen LogP contribution in [-0.4, -0.2) is 16.7 Å². The van der Waals surface area contributed by atoms with Crippen LogP contribution in [0.3, 0.4) is 0 Å². The highest BCUT2D eigenvalue weighted by atomic mass is 35.5. The molecule has 2 aromatic carbocycles. The van der Waals surface area contributed by atoms with Crippen LogP contribution in [-0.2, 0) is 6.42 Å². The third-order valence-corrected chi connectivity index (χ3v) is 4.19. The molecule has 0 spiro atoms. The van der Waals surface area contributed by atoms with Gasteiger partial charge in [0.2, 0.25) is 0 Å². The van der Waals surface area contributed by atoms with Crippen molar-refractivity contribution in [1.82, 2.24) is 4.98 Å². The van der Waals surface area contributed by atoms with Crippen molar-refractivity contribution in [1.29, 1.82) is 0 Å². The smallest absolute Gasteiger partial charge is 0.0740 e. The molecule has 4 heteroatoms. The fraction of sp³-hybridized carbons (Fsp3) is 0.105. The van der Waals surface area contributed by atoms with Crippen molar-refractivity contribution in [2.75, 3.05) is 6.61 Å². The Morgan fingerprint density at radius 1 is 0.783 bits per heavy atom. The first-order valence-electron chi connectivity index (χ1n) is 7.29. The first kappa shape index (κ1) is 16.0. The molecule has 0 saturated heterocycles. The van der Waals surface area contributed by atoms with E-state index in [1.54, 1.807) is 6.20 Å². The van der Waals surface area contributed by atoms with E-state index in [-0.39, 0.29) is 6.61 Å². The van der Waals surface area contributed by atoms with E-state index in [4.69, 9.17) is 23.2 Å². The Labute approximate surface area is 145 Å². The molecule has 0 amide bonds. The molecule has 3 rings (SSSR count). The van der Waals surface area contributed by atoms with Gasteiger partial charge < -0.3 is 5.11 Å². The quantitative estimate of drug-likeness (QED) is 0.701. The molecule has 0 aliphatic heterocycles. The predicted molar refractivity (Wildman–Crippen MR) is 95.9 cm³/mol. The minimum atomic E-state index is 0.0624. The van der Waals surface area contributed by atoms with Gasteiger partial charge in [0.05, 0.1) is 5.69 Å². The lowest BCUT2D eigenvalue weighted by atomic mass is 9.94. The highest BCUT2D eigenvalue weighted by Gasteiger charge is 2.13. The normalized spacial score (nSPS) is 10.7. The third kappa shape index (κ3) is 3.56. The van der Waals surface area contributed by atoms with Gasteiger partial charge in [0, 0.05) is 28.4 Å². The zero-order valence-corrected chi connectivity index (χ0v) is 13.8. The molecule has 0 radical (unpaired) electrons. The third-order valence-electron chi connectivity index (χ3n) is 3.69. The van der Waals surface area contributed by atoms with Crippen molar-refractivity contribution in [3.8, 4) is 22.4 Å². The van der Waals surface area contributed by atoms with Gasteiger partial charge in [-0.05, 0) is 53.4 Å². The highest BCUT2D eigenvalue weighted by Crippen LogP contribution is 2.32. The van der Waals surface area contributed by atoms with Crippen LogP contribution >= 0.6 is 23.2 Å². The van der Waals surface area contributed by atoms with Crippen LogP contribution in [0.5, 0.6) is 0 Å². The molecule has 0 bridgehead atoms. The monoisotopic (exact) mass is 343 g/mol. The van der Waals surface area contributed by atoms with Gasteiger partial charge in [-0.3, -0.25) is 4.98 Å². The van der Waals surface area contributed by atoms with Gasteiger partial charge in [0.15, 0.2) is 0 Å². The lowest BCUT2D eigenvalue weighted by Crippen LogP contribution is -2.00. The van der Waals surface area contributed by atoms with Crippen molar-refractivity contribution in [2.24, 2.45) is 0 Å². The maximum absolute atomic E-state index is 9.48. The van der Waals surface area contributed by atoms with E-state index in [0.717, 1.165) is 27.9 Å². The first-order chi connectivity index (χ1) is 11.2. The average Bonchev–Trinajstić information content (AvgIpc) is 2.57. The number of pyridine rings is 1. The SMILES string of the molecule is OCCc1c(-c2ccc(Cl)cc2)ccnc1-c1ccc(Cl)cc1. The number of hydrogen-bond donors (Lipinski definition) is 1. The van der Waals surface area contributed by atoms with Crippen LogP contribution in [0.25, 0.3) is 22.4 Å². The number of rotatable bonds is 4. The van der Waals surface area contributed by atoms with Crippen LogP contribution in [0.15, 0.2) is 60.8 Å². The van der Waals surface area contributed by atoms with E-state index in [9.17, 15) is 5.11 Å². The summed E-state index contributed by atoms with van der Waals surface area (Å²) in [4.78, 5) is 4.52. The lowest BCUT2D eigenvalue weighted by Gasteiger charge is -2.14. The Bertz CT molecular complexity index is 735. The number of aliphatic hydroxyl groups is 1. The summed E-state index contributed by atoms with van der Waals surface area (Å²) in [5, 5.41) is 10.9. The number of nitrogens with zero attached hydrogens (tertiary/aromatic N) is 1. The topological polar surface area (TPSA) is 33.1 Å². The molecule has 0 aliphatic rings. The molecule has 1 N–H and O–H groups in total. The summed E-state index contributed by atoms with van der Waals surface area (Å²) in [7, 11) is 0. The summed E-state index contributed by atoms with van der Waals surface area (Å²) in [5.74, 6) is 0. The van der Waals surface area contributed by atoms with Crippen molar-refractivity contribution < 1.29 is 5.11 Å². The second-order valence-electron chi connectivity index (χ2n) is 5.17. The van der Waals surface area contributed by atoms with E-state index < -0.39 is 0 Å². The minimum absolute atomic E-state index is 0.0624. The zero-order chi connectivity index (χ0) is 16.2. The van der Waals surface area contributed by atoms with E-state index in [1.807, 2.05) is 54.6 Å². The Balaban J connectivity index is 2.15. The first-order valence-corrected chi connectivity index (χ1v) is 8.05. The van der Waals surface area contributed by atoms with Crippen molar-refractivity contribution in [3.05, 3.63) is 76.4 Å². The molecule has 2 nitrogen and oxygen atoms in total. The average molecular weight is 344 g/mol. The Morgan fingerprint density at radius 2 is 1.35 bits per heavy atom. The molecule has 23 heavy (non-hydrogen) atoms. The van der Waals surface area contributed by atoms with Gasteiger partial charge in [-0.25, -0.2) is 0 Å². The molecule has 0 saturated carbocycles. The molecule has 116 valence electrons. The largest absolute Gasteiger partial charge is 0.396 e. The Morgan fingerprint density at radius 3 is 1.91 bits per heavy atom. The summed E-state index contributed by atoms with van der Waals surface area (Å²) in [6.07, 6.45) is 2.32. The van der Waals surface area contributed by atoms with Gasteiger partial charge in [0.25, 0.3) is 0 Å². The van der Waals surface area contributed by atoms with Crippen molar-refractivity contribution in [2.45, 2.75) is 6.42 Å². The highest BCUT2D eigenvalue weighted by molar-refractivity contribution is 6.30. The van der Waals surface area contributed by atoms with Crippen LogP contribution < -0.4 is 0 Å². The fourth-order valence-corrected chi connectivity index (χ4v) is 2.87. The lowest BCUT2D eigenvalue weighted by molar-refractivity contribution is 0.300. The molecular formula is C19H15Cl2NO. The summed E-state index contributed by atoms with van der Waals surface area (Å²) < 4.78 is 0. The van der Waals surface area contributed by atoms with Crippen LogP contribution in [0.1, 0.15) is 5.56 Å². The molecule has 1 heterocycles. The van der Waals surface area contributed by atoms with Crippen LogP contribution in [0.4, 0.5) is 0 Å². The summed E-state index contributed by atoms with van der Waals surface area (Å²) in [5.41, 5.74) is 4.96. The maximum Gasteiger partial charge on any atom is 0.0740 e. The number of halogens is 2. The Hall–Kier alpha value is -1.87. The van der Waals surface area contributed by atoms with Gasteiger partial charge >= 0.3 is 0 Å². The number of aliphatic hydroxyl groups excluding tert-OH is 1. The molecule has 3 aromatic rings. The van der Waals surface area contributed by atoms with E-state index in [0.29, 0.717) is 16.5 Å². The van der Waals surface area contributed by atoms with Gasteiger partial charge in [-0.2, -0.15) is 0 Å². The molecule has 0 unspecified atom stereocenters. The van der Waals surface area contributed by atoms with Gasteiger partial charge in [0.1, 0.15) is 0 Å². The van der Waals surface area contributed by atoms with Gasteiger partial charge in [-0.15, -0.1) is 0 Å². The summed E-state index contributed by atoms with van der Waals surface area (Å²) in [6, 6.07) is 17.2. The van der Waals surface area contributed by atoms with Crippen molar-refractivity contribution >= 4 is 23.2 Å².